The fraction of sp³-hybridized carbons (Fsp3) is 0.625. The number of fused-ring (bicyclic) bond motifs is 2. The largest absolute Gasteiger partial charge is 0.466 e. The molecule has 3 heterocycles. The van der Waals surface area contributed by atoms with Crippen molar-refractivity contribution in [3.05, 3.63) is 35.5 Å². The molecule has 0 unspecified atom stereocenters. The highest BCUT2D eigenvalue weighted by molar-refractivity contribution is 6.15. The van der Waals surface area contributed by atoms with Crippen LogP contribution in [0.4, 0.5) is 0 Å². The number of piperidine rings is 1. The summed E-state index contributed by atoms with van der Waals surface area (Å²) in [5.74, 6) is -1.34. The smallest absolute Gasteiger partial charge is 0.335 e. The predicted octanol–water partition coefficient (Wildman–Crippen LogP) is 2.31. The molecule has 2 saturated heterocycles. The zero-order valence-electron chi connectivity index (χ0n) is 18.2. The first-order valence-electron chi connectivity index (χ1n) is 11.0. The van der Waals surface area contributed by atoms with Gasteiger partial charge in [0.15, 0.2) is 0 Å². The molecular weight excluding hydrogens is 394 g/mol. The Morgan fingerprint density at radius 3 is 2.65 bits per heavy atom. The maximum Gasteiger partial charge on any atom is 0.335 e. The van der Waals surface area contributed by atoms with Gasteiger partial charge in [-0.05, 0) is 62.5 Å². The Kier molecular flexibility index (Phi) is 3.60. The number of allylic oxidation sites excluding steroid dienone is 1. The fourth-order valence-electron chi connectivity index (χ4n) is 8.11. The molecule has 3 fully saturated rings. The number of aliphatic imine (C=N–C) groups is 1. The molecule has 4 aliphatic carbocycles. The summed E-state index contributed by atoms with van der Waals surface area (Å²) in [7, 11) is 4.66. The second-order valence-electron chi connectivity index (χ2n) is 9.65. The van der Waals surface area contributed by atoms with E-state index in [0.29, 0.717) is 5.57 Å². The van der Waals surface area contributed by atoms with Crippen LogP contribution in [0.1, 0.15) is 32.1 Å². The summed E-state index contributed by atoms with van der Waals surface area (Å²) in [6, 6.07) is 2.84. The van der Waals surface area contributed by atoms with Crippen LogP contribution in [-0.4, -0.2) is 67.9 Å². The molecule has 4 atom stereocenters. The summed E-state index contributed by atoms with van der Waals surface area (Å²) in [4.78, 5) is 20.8. The first kappa shape index (κ1) is 19.4. The lowest BCUT2D eigenvalue weighted by Gasteiger charge is -2.68. The minimum absolute atomic E-state index is 0.327. The molecule has 0 aromatic carbocycles. The number of methoxy groups -OCH3 is 3. The molecule has 31 heavy (non-hydrogen) atoms. The van der Waals surface area contributed by atoms with Crippen LogP contribution in [0.2, 0.25) is 0 Å². The van der Waals surface area contributed by atoms with Crippen LogP contribution in [0.3, 0.4) is 0 Å². The maximum absolute atomic E-state index is 13.1. The third-order valence-electron chi connectivity index (χ3n) is 9.20. The highest BCUT2D eigenvalue weighted by atomic mass is 16.7. The first-order valence-corrected chi connectivity index (χ1v) is 11.0. The number of hydrogen-bond donors (Lipinski definition) is 0. The molecule has 1 saturated carbocycles. The zero-order valence-corrected chi connectivity index (χ0v) is 18.2. The van der Waals surface area contributed by atoms with Crippen molar-refractivity contribution >= 4 is 11.7 Å². The molecule has 7 nitrogen and oxygen atoms in total. The normalized spacial score (nSPS) is 43.2. The van der Waals surface area contributed by atoms with Gasteiger partial charge in [0, 0.05) is 26.2 Å². The van der Waals surface area contributed by atoms with Gasteiger partial charge in [-0.2, -0.15) is 5.26 Å². The Morgan fingerprint density at radius 2 is 1.94 bits per heavy atom. The van der Waals surface area contributed by atoms with Crippen LogP contribution in [0.15, 0.2) is 40.4 Å². The molecule has 3 spiro atoms. The fourth-order valence-corrected chi connectivity index (χ4v) is 8.11. The molecule has 3 aliphatic heterocycles. The molecule has 0 radical (unpaired) electrons. The van der Waals surface area contributed by atoms with E-state index in [1.54, 1.807) is 14.2 Å². The van der Waals surface area contributed by atoms with Gasteiger partial charge in [-0.1, -0.05) is 6.08 Å². The molecule has 0 amide bonds. The summed E-state index contributed by atoms with van der Waals surface area (Å²) >= 11 is 0. The Balaban J connectivity index is 1.72. The van der Waals surface area contributed by atoms with Crippen molar-refractivity contribution in [1.29, 1.82) is 5.26 Å². The number of nitriles is 1. The van der Waals surface area contributed by atoms with Crippen LogP contribution >= 0.6 is 0 Å². The number of esters is 1. The van der Waals surface area contributed by atoms with E-state index in [0.717, 1.165) is 56.5 Å². The highest BCUT2D eigenvalue weighted by Crippen LogP contribution is 2.78. The average Bonchev–Trinajstić information content (AvgIpc) is 3.32. The Bertz CT molecular complexity index is 1060. The van der Waals surface area contributed by atoms with Crippen LogP contribution in [0.5, 0.6) is 0 Å². The van der Waals surface area contributed by atoms with E-state index >= 15 is 0 Å². The van der Waals surface area contributed by atoms with Crippen LogP contribution in [0, 0.1) is 22.2 Å². The molecule has 2 bridgehead atoms. The van der Waals surface area contributed by atoms with E-state index in [1.165, 1.54) is 7.11 Å². The van der Waals surface area contributed by atoms with E-state index in [4.69, 9.17) is 19.2 Å². The lowest BCUT2D eigenvalue weighted by atomic mass is 9.36. The summed E-state index contributed by atoms with van der Waals surface area (Å²) in [6.07, 6.45) is 12.2. The van der Waals surface area contributed by atoms with Gasteiger partial charge in [-0.25, -0.2) is 4.79 Å². The third kappa shape index (κ3) is 1.74. The lowest BCUT2D eigenvalue weighted by Crippen LogP contribution is -2.76. The van der Waals surface area contributed by atoms with Gasteiger partial charge in [-0.15, -0.1) is 0 Å². The minimum atomic E-state index is -1.01. The maximum atomic E-state index is 13.1. The average molecular weight is 421 g/mol. The number of carbonyl (C=O) groups excluding carboxylic acids is 1. The van der Waals surface area contributed by atoms with E-state index in [-0.39, 0.29) is 5.97 Å². The number of hydrogen-bond acceptors (Lipinski definition) is 7. The van der Waals surface area contributed by atoms with Crippen molar-refractivity contribution in [3.63, 3.8) is 0 Å². The second-order valence-corrected chi connectivity index (χ2v) is 9.65. The van der Waals surface area contributed by atoms with Gasteiger partial charge in [-0.3, -0.25) is 9.89 Å². The number of nitrogens with zero attached hydrogens (tertiary/aromatic N) is 3. The molecular formula is C24H27N3O4. The standard InChI is InChI=1S/C24H27N3O4/c1-29-19(28)17-13-20-6-4-11-27-12-10-22(24(20,27)15-25)16-14-21(30-2,31-3)7-5-18(16)26-23(17,22)9-8-20/h5,7,13-14H,4,6,8-12H2,1-3H3/t20-,22+,23-,24+/m1/s1. The Morgan fingerprint density at radius 1 is 1.13 bits per heavy atom. The molecule has 7 rings (SSSR count). The van der Waals surface area contributed by atoms with Crippen molar-refractivity contribution in [3.8, 4) is 6.07 Å². The van der Waals surface area contributed by atoms with Gasteiger partial charge in [0.2, 0.25) is 5.79 Å². The van der Waals surface area contributed by atoms with Crippen molar-refractivity contribution < 1.29 is 19.0 Å². The van der Waals surface area contributed by atoms with Gasteiger partial charge >= 0.3 is 5.97 Å². The summed E-state index contributed by atoms with van der Waals surface area (Å²) in [6.45, 7) is 1.71. The van der Waals surface area contributed by atoms with Gasteiger partial charge in [0.05, 0.1) is 29.9 Å². The third-order valence-corrected chi connectivity index (χ3v) is 9.20. The number of ether oxygens (including phenoxy) is 3. The topological polar surface area (TPSA) is 84.2 Å². The quantitative estimate of drug-likeness (QED) is 0.514. The van der Waals surface area contributed by atoms with Crippen LogP contribution in [0.25, 0.3) is 0 Å². The molecule has 0 aromatic rings. The number of carbonyl (C=O) groups is 1. The van der Waals surface area contributed by atoms with Crippen LogP contribution < -0.4 is 0 Å². The Hall–Kier alpha value is -2.27. The van der Waals surface area contributed by atoms with Crippen LogP contribution in [-0.2, 0) is 19.0 Å². The minimum Gasteiger partial charge on any atom is -0.466 e. The summed E-state index contributed by atoms with van der Waals surface area (Å²) < 4.78 is 16.8. The van der Waals surface area contributed by atoms with Gasteiger partial charge < -0.3 is 14.2 Å². The van der Waals surface area contributed by atoms with Crippen molar-refractivity contribution in [2.75, 3.05) is 34.4 Å². The SMILES string of the molecule is COC(=O)C1=C[C@@]23CCCN4CC[C@@]5(C6=CC(OC)(OC)C=CC6=N[C@]15CC2)[C@@]43C#N. The van der Waals surface area contributed by atoms with Crippen molar-refractivity contribution in [2.24, 2.45) is 15.8 Å². The lowest BCUT2D eigenvalue weighted by molar-refractivity contribution is -0.145. The highest BCUT2D eigenvalue weighted by Gasteiger charge is 2.84. The van der Waals surface area contributed by atoms with Crippen molar-refractivity contribution in [2.45, 2.75) is 49.0 Å². The molecule has 0 N–H and O–H groups in total. The molecule has 162 valence electrons. The van der Waals surface area contributed by atoms with Gasteiger partial charge in [0.25, 0.3) is 0 Å². The first-order chi connectivity index (χ1) is 14.9. The Labute approximate surface area is 182 Å². The zero-order chi connectivity index (χ0) is 21.7. The molecule has 0 aromatic heterocycles. The van der Waals surface area contributed by atoms with Crippen molar-refractivity contribution in [1.82, 2.24) is 4.90 Å². The molecule has 7 heteroatoms. The predicted molar refractivity (Wildman–Crippen MR) is 112 cm³/mol. The monoisotopic (exact) mass is 421 g/mol. The summed E-state index contributed by atoms with van der Waals surface area (Å²) in [5.41, 5.74) is -0.114. The van der Waals surface area contributed by atoms with E-state index in [9.17, 15) is 10.1 Å². The van der Waals surface area contributed by atoms with E-state index < -0.39 is 27.7 Å². The van der Waals surface area contributed by atoms with E-state index in [2.05, 4.69) is 17.0 Å². The number of rotatable bonds is 3. The van der Waals surface area contributed by atoms with Gasteiger partial charge in [0.1, 0.15) is 11.1 Å². The second kappa shape index (κ2) is 5.74. The van der Waals surface area contributed by atoms with E-state index in [1.807, 2.05) is 18.2 Å². The summed E-state index contributed by atoms with van der Waals surface area (Å²) in [5, 5.41) is 10.9. The molecule has 7 aliphatic rings.